The molecule has 1 saturated heterocycles. The molecule has 12 heavy (non-hydrogen) atoms. The number of allylic oxidation sites excluding steroid dienone is 1. The van der Waals surface area contributed by atoms with E-state index in [0.717, 1.165) is 12.8 Å². The number of hydrogen-bond donors (Lipinski definition) is 0. The molecule has 2 nitrogen and oxygen atoms in total. The summed E-state index contributed by atoms with van der Waals surface area (Å²) in [4.78, 5) is 0. The number of ether oxygens (including phenoxy) is 2. The van der Waals surface area contributed by atoms with Gasteiger partial charge in [-0.05, 0) is 19.8 Å². The van der Waals surface area contributed by atoms with Gasteiger partial charge in [0.1, 0.15) is 12.4 Å². The van der Waals surface area contributed by atoms with Gasteiger partial charge in [-0.2, -0.15) is 0 Å². The smallest absolute Gasteiger partial charge is 0.147 e. The van der Waals surface area contributed by atoms with Gasteiger partial charge in [-0.3, -0.25) is 0 Å². The molecule has 0 bridgehead atoms. The summed E-state index contributed by atoms with van der Waals surface area (Å²) in [6, 6.07) is 0. The fourth-order valence-corrected chi connectivity index (χ4v) is 1.35. The molecule has 1 fully saturated rings. The Morgan fingerprint density at radius 1 is 1.50 bits per heavy atom. The van der Waals surface area contributed by atoms with Crippen LogP contribution in [0.25, 0.3) is 0 Å². The molecule has 1 aliphatic heterocycles. The van der Waals surface area contributed by atoms with E-state index in [1.54, 1.807) is 0 Å². The Morgan fingerprint density at radius 2 is 2.33 bits per heavy atom. The molecule has 0 aromatic carbocycles. The molecule has 2 heteroatoms. The zero-order valence-electron chi connectivity index (χ0n) is 7.58. The largest absolute Gasteiger partial charge is 0.352 e. The van der Waals surface area contributed by atoms with Crippen molar-refractivity contribution in [2.75, 3.05) is 13.4 Å². The number of hydrogen-bond acceptors (Lipinski definition) is 2. The van der Waals surface area contributed by atoms with Crippen LogP contribution < -0.4 is 0 Å². The van der Waals surface area contributed by atoms with Crippen molar-refractivity contribution in [1.82, 2.24) is 0 Å². The molecule has 68 valence electrons. The molecule has 0 spiro atoms. The van der Waals surface area contributed by atoms with E-state index in [4.69, 9.17) is 9.47 Å². The van der Waals surface area contributed by atoms with E-state index in [1.165, 1.54) is 0 Å². The van der Waals surface area contributed by atoms with Crippen LogP contribution in [-0.2, 0) is 9.47 Å². The summed E-state index contributed by atoms with van der Waals surface area (Å²) in [5.41, 5.74) is -0.131. The molecule has 0 radical (unpaired) electrons. The summed E-state index contributed by atoms with van der Waals surface area (Å²) in [7, 11) is 0. The highest BCUT2D eigenvalue weighted by atomic mass is 16.7. The molecule has 1 atom stereocenters. The van der Waals surface area contributed by atoms with Crippen LogP contribution in [0.3, 0.4) is 0 Å². The van der Waals surface area contributed by atoms with Crippen molar-refractivity contribution in [3.8, 4) is 0 Å². The van der Waals surface area contributed by atoms with Crippen LogP contribution in [0.1, 0.15) is 19.8 Å². The first-order valence-corrected chi connectivity index (χ1v) is 4.27. The van der Waals surface area contributed by atoms with Crippen molar-refractivity contribution < 1.29 is 9.47 Å². The maximum absolute atomic E-state index is 5.54. The molecule has 0 aliphatic carbocycles. The highest BCUT2D eigenvalue weighted by Gasteiger charge is 2.33. The van der Waals surface area contributed by atoms with Crippen molar-refractivity contribution >= 4 is 0 Å². The van der Waals surface area contributed by atoms with E-state index in [0.29, 0.717) is 13.4 Å². The second-order valence-electron chi connectivity index (χ2n) is 3.06. The van der Waals surface area contributed by atoms with Gasteiger partial charge in [0.15, 0.2) is 0 Å². The Kier molecular flexibility index (Phi) is 3.50. The van der Waals surface area contributed by atoms with Gasteiger partial charge in [-0.1, -0.05) is 18.2 Å². The lowest BCUT2D eigenvalue weighted by Gasteiger charge is -2.22. The highest BCUT2D eigenvalue weighted by Crippen LogP contribution is 2.27. The second-order valence-corrected chi connectivity index (χ2v) is 3.06. The normalized spacial score (nSPS) is 29.8. The third kappa shape index (κ3) is 2.19. The van der Waals surface area contributed by atoms with Gasteiger partial charge in [0.2, 0.25) is 0 Å². The first-order chi connectivity index (χ1) is 5.83. The van der Waals surface area contributed by atoms with Gasteiger partial charge < -0.3 is 9.47 Å². The van der Waals surface area contributed by atoms with Crippen LogP contribution in [0.4, 0.5) is 0 Å². The van der Waals surface area contributed by atoms with E-state index >= 15 is 0 Å². The van der Waals surface area contributed by atoms with E-state index in [9.17, 15) is 0 Å². The molecular formula is C10H16O2. The van der Waals surface area contributed by atoms with Crippen molar-refractivity contribution in [2.45, 2.75) is 25.4 Å². The average molecular weight is 168 g/mol. The third-order valence-corrected chi connectivity index (χ3v) is 2.06. The molecule has 0 aromatic heterocycles. The summed E-state index contributed by atoms with van der Waals surface area (Å²) in [6.07, 6.45) is 7.80. The van der Waals surface area contributed by atoms with Crippen molar-refractivity contribution in [2.24, 2.45) is 0 Å². The van der Waals surface area contributed by atoms with Crippen LogP contribution in [0.5, 0.6) is 0 Å². The third-order valence-electron chi connectivity index (χ3n) is 2.06. The predicted molar refractivity (Wildman–Crippen MR) is 48.9 cm³/mol. The van der Waals surface area contributed by atoms with Crippen LogP contribution >= 0.6 is 0 Å². The fourth-order valence-electron chi connectivity index (χ4n) is 1.35. The molecule has 1 rings (SSSR count). The topological polar surface area (TPSA) is 18.5 Å². The summed E-state index contributed by atoms with van der Waals surface area (Å²) >= 11 is 0. The lowest BCUT2D eigenvalue weighted by atomic mass is 9.96. The van der Waals surface area contributed by atoms with Crippen LogP contribution in [0.2, 0.25) is 0 Å². The van der Waals surface area contributed by atoms with Crippen molar-refractivity contribution in [3.05, 3.63) is 24.8 Å². The maximum Gasteiger partial charge on any atom is 0.147 e. The summed E-state index contributed by atoms with van der Waals surface area (Å²) in [6.45, 7) is 6.83. The van der Waals surface area contributed by atoms with Gasteiger partial charge in [-0.25, -0.2) is 0 Å². The maximum atomic E-state index is 5.54. The van der Waals surface area contributed by atoms with Crippen molar-refractivity contribution in [3.63, 3.8) is 0 Å². The monoisotopic (exact) mass is 168 g/mol. The van der Waals surface area contributed by atoms with Gasteiger partial charge in [0.05, 0.1) is 6.61 Å². The van der Waals surface area contributed by atoms with Gasteiger partial charge in [0.25, 0.3) is 0 Å². The molecule has 1 unspecified atom stereocenters. The lowest BCUT2D eigenvalue weighted by molar-refractivity contribution is -0.00502. The summed E-state index contributed by atoms with van der Waals surface area (Å²) < 4.78 is 10.7. The van der Waals surface area contributed by atoms with Crippen LogP contribution in [0, 0.1) is 0 Å². The predicted octanol–water partition coefficient (Wildman–Crippen LogP) is 2.27. The quantitative estimate of drug-likeness (QED) is 0.599. The van der Waals surface area contributed by atoms with E-state index in [-0.39, 0.29) is 5.60 Å². The zero-order valence-corrected chi connectivity index (χ0v) is 7.58. The standard InChI is InChI=1S/C10H16O2/c1-3-5-7-10(6-4-2)8-11-9-12-10/h3-5H,2,6-9H2,1H3/b5-3+. The Labute approximate surface area is 73.9 Å². The molecule has 0 N–H and O–H groups in total. The highest BCUT2D eigenvalue weighted by molar-refractivity contribution is 4.96. The molecule has 1 aliphatic rings. The van der Waals surface area contributed by atoms with Crippen LogP contribution in [-0.4, -0.2) is 19.0 Å². The molecule has 0 amide bonds. The molecule has 0 aromatic rings. The van der Waals surface area contributed by atoms with Crippen LogP contribution in [0.15, 0.2) is 24.8 Å². The average Bonchev–Trinajstić information content (AvgIpc) is 2.51. The molecule has 1 heterocycles. The fraction of sp³-hybridized carbons (Fsp3) is 0.600. The Morgan fingerprint density at radius 3 is 2.83 bits per heavy atom. The molecular weight excluding hydrogens is 152 g/mol. The first-order valence-electron chi connectivity index (χ1n) is 4.27. The van der Waals surface area contributed by atoms with Gasteiger partial charge >= 0.3 is 0 Å². The SMILES string of the molecule is C=CCC1(C/C=C/C)COCO1. The second kappa shape index (κ2) is 4.43. The minimum Gasteiger partial charge on any atom is -0.352 e. The Balaban J connectivity index is 2.51. The van der Waals surface area contributed by atoms with Gasteiger partial charge in [-0.15, -0.1) is 6.58 Å². The molecule has 0 saturated carbocycles. The zero-order chi connectivity index (χ0) is 8.86. The van der Waals surface area contributed by atoms with E-state index < -0.39 is 0 Å². The summed E-state index contributed by atoms with van der Waals surface area (Å²) in [5.74, 6) is 0. The van der Waals surface area contributed by atoms with E-state index in [1.807, 2.05) is 19.1 Å². The van der Waals surface area contributed by atoms with E-state index in [2.05, 4.69) is 12.7 Å². The Bertz CT molecular complexity index is 167. The minimum absolute atomic E-state index is 0.131. The minimum atomic E-state index is -0.131. The summed E-state index contributed by atoms with van der Waals surface area (Å²) in [5, 5.41) is 0. The first kappa shape index (κ1) is 9.49. The number of rotatable bonds is 4. The van der Waals surface area contributed by atoms with Gasteiger partial charge in [0, 0.05) is 0 Å². The van der Waals surface area contributed by atoms with Crippen molar-refractivity contribution in [1.29, 1.82) is 0 Å². The Hall–Kier alpha value is -0.600. The lowest BCUT2D eigenvalue weighted by Crippen LogP contribution is -2.29.